The number of nitrogens with one attached hydrogen (secondary N) is 1. The molecule has 0 bridgehead atoms. The Balaban J connectivity index is 3.45. The van der Waals surface area contributed by atoms with Gasteiger partial charge in [-0.25, -0.2) is 0 Å². The molecule has 118 valence electrons. The second kappa shape index (κ2) is 12.1. The molecule has 0 spiro atoms. The highest BCUT2D eigenvalue weighted by Gasteiger charge is 2.24. The van der Waals surface area contributed by atoms with Gasteiger partial charge in [-0.05, 0) is 20.8 Å². The predicted octanol–water partition coefficient (Wildman–Crippen LogP) is 0.963. The summed E-state index contributed by atoms with van der Waals surface area (Å²) < 4.78 is 20.9. The van der Waals surface area contributed by atoms with Crippen LogP contribution in [0, 0.1) is 11.3 Å². The summed E-state index contributed by atoms with van der Waals surface area (Å²) in [6.45, 7) is 9.40. The zero-order valence-electron chi connectivity index (χ0n) is 13.1. The van der Waals surface area contributed by atoms with Crippen LogP contribution in [0.2, 0.25) is 0 Å². The van der Waals surface area contributed by atoms with Gasteiger partial charge in [-0.15, -0.1) is 0 Å². The van der Waals surface area contributed by atoms with E-state index in [0.29, 0.717) is 46.2 Å². The first-order valence-electron chi connectivity index (χ1n) is 6.95. The van der Waals surface area contributed by atoms with E-state index in [0.717, 1.165) is 0 Å². The topological polar surface area (TPSA) is 72.7 Å². The lowest BCUT2D eigenvalue weighted by atomic mass is 10.1. The third-order valence-corrected chi connectivity index (χ3v) is 2.42. The van der Waals surface area contributed by atoms with Crippen LogP contribution in [0.25, 0.3) is 0 Å². The van der Waals surface area contributed by atoms with Crippen molar-refractivity contribution in [2.24, 2.45) is 0 Å². The maximum absolute atomic E-state index is 9.13. The van der Waals surface area contributed by atoms with Crippen molar-refractivity contribution in [1.29, 1.82) is 5.26 Å². The van der Waals surface area contributed by atoms with Crippen molar-refractivity contribution in [2.75, 3.05) is 53.4 Å². The fourth-order valence-corrected chi connectivity index (χ4v) is 1.60. The molecule has 0 aromatic rings. The molecular formula is C14H28N2O4. The van der Waals surface area contributed by atoms with Gasteiger partial charge in [0.25, 0.3) is 0 Å². The molecule has 0 amide bonds. The van der Waals surface area contributed by atoms with Crippen LogP contribution in [0.4, 0.5) is 0 Å². The van der Waals surface area contributed by atoms with Crippen molar-refractivity contribution in [2.45, 2.75) is 32.4 Å². The lowest BCUT2D eigenvalue weighted by Crippen LogP contribution is -2.48. The molecule has 0 fully saturated rings. The molecule has 1 unspecified atom stereocenters. The van der Waals surface area contributed by atoms with Gasteiger partial charge in [0, 0.05) is 13.2 Å². The number of hydrogen-bond acceptors (Lipinski definition) is 6. The molecule has 6 heteroatoms. The van der Waals surface area contributed by atoms with E-state index in [1.54, 1.807) is 7.11 Å². The largest absolute Gasteiger partial charge is 0.382 e. The van der Waals surface area contributed by atoms with E-state index >= 15 is 0 Å². The van der Waals surface area contributed by atoms with Crippen molar-refractivity contribution >= 4 is 0 Å². The van der Waals surface area contributed by atoms with Crippen LogP contribution in [0.15, 0.2) is 0 Å². The monoisotopic (exact) mass is 288 g/mol. The van der Waals surface area contributed by atoms with Gasteiger partial charge in [0.15, 0.2) is 0 Å². The highest BCUT2D eigenvalue weighted by atomic mass is 16.6. The van der Waals surface area contributed by atoms with E-state index < -0.39 is 5.54 Å². The summed E-state index contributed by atoms with van der Waals surface area (Å²) in [4.78, 5) is 0. The predicted molar refractivity (Wildman–Crippen MR) is 76.6 cm³/mol. The highest BCUT2D eigenvalue weighted by Crippen LogP contribution is 2.04. The van der Waals surface area contributed by atoms with Gasteiger partial charge >= 0.3 is 0 Å². The summed E-state index contributed by atoms with van der Waals surface area (Å²) in [5.41, 5.74) is -0.655. The molecule has 0 saturated carbocycles. The summed E-state index contributed by atoms with van der Waals surface area (Å²) in [6.07, 6.45) is 0. The summed E-state index contributed by atoms with van der Waals surface area (Å²) in [7, 11) is 1.64. The average molecular weight is 288 g/mol. The number of methoxy groups -OCH3 is 1. The quantitative estimate of drug-likeness (QED) is 0.509. The van der Waals surface area contributed by atoms with Gasteiger partial charge in [-0.2, -0.15) is 5.26 Å². The van der Waals surface area contributed by atoms with E-state index in [9.17, 15) is 0 Å². The van der Waals surface area contributed by atoms with E-state index in [4.69, 9.17) is 24.2 Å². The zero-order valence-corrected chi connectivity index (χ0v) is 13.1. The number of ether oxygens (including phenoxy) is 4. The molecule has 0 aliphatic carbocycles. The van der Waals surface area contributed by atoms with Gasteiger partial charge in [0.2, 0.25) is 0 Å². The van der Waals surface area contributed by atoms with Crippen molar-refractivity contribution in [1.82, 2.24) is 5.32 Å². The Hall–Kier alpha value is -0.710. The van der Waals surface area contributed by atoms with Crippen LogP contribution >= 0.6 is 0 Å². The van der Waals surface area contributed by atoms with Crippen LogP contribution < -0.4 is 5.32 Å². The van der Waals surface area contributed by atoms with Crippen LogP contribution in [-0.4, -0.2) is 64.9 Å². The summed E-state index contributed by atoms with van der Waals surface area (Å²) >= 11 is 0. The summed E-state index contributed by atoms with van der Waals surface area (Å²) in [5, 5.41) is 12.3. The van der Waals surface area contributed by atoms with Gasteiger partial charge < -0.3 is 18.9 Å². The second-order valence-electron chi connectivity index (χ2n) is 5.01. The molecule has 0 aromatic carbocycles. The normalized spacial score (nSPS) is 14.2. The maximum Gasteiger partial charge on any atom is 0.127 e. The SMILES string of the molecule is COCCOCCOCCOCC(C)(C#N)NC(C)C. The number of hydrogen-bond donors (Lipinski definition) is 1. The standard InChI is InChI=1S/C14H28N2O4/c1-13(2)16-14(3,11-15)12-20-10-9-19-8-7-18-6-5-17-4/h13,16H,5-10,12H2,1-4H3. The molecule has 0 heterocycles. The Morgan fingerprint density at radius 3 is 1.95 bits per heavy atom. The molecule has 0 rings (SSSR count). The van der Waals surface area contributed by atoms with E-state index in [-0.39, 0.29) is 6.04 Å². The van der Waals surface area contributed by atoms with Crippen LogP contribution in [0.1, 0.15) is 20.8 Å². The first-order chi connectivity index (χ1) is 9.54. The molecule has 1 N–H and O–H groups in total. The minimum Gasteiger partial charge on any atom is -0.382 e. The Labute approximate surface area is 122 Å². The van der Waals surface area contributed by atoms with Gasteiger partial charge in [-0.1, -0.05) is 0 Å². The molecule has 0 saturated heterocycles. The number of nitriles is 1. The van der Waals surface area contributed by atoms with Crippen LogP contribution in [-0.2, 0) is 18.9 Å². The van der Waals surface area contributed by atoms with Crippen molar-refractivity contribution in [3.8, 4) is 6.07 Å². The van der Waals surface area contributed by atoms with E-state index in [2.05, 4.69) is 11.4 Å². The van der Waals surface area contributed by atoms with Crippen molar-refractivity contribution in [3.05, 3.63) is 0 Å². The number of rotatable bonds is 13. The summed E-state index contributed by atoms with van der Waals surface area (Å²) in [5.74, 6) is 0. The first-order valence-corrected chi connectivity index (χ1v) is 6.95. The van der Waals surface area contributed by atoms with E-state index in [1.165, 1.54) is 0 Å². The molecule has 0 aliphatic rings. The average Bonchev–Trinajstić information content (AvgIpc) is 2.40. The fourth-order valence-electron chi connectivity index (χ4n) is 1.60. The third kappa shape index (κ3) is 11.1. The highest BCUT2D eigenvalue weighted by molar-refractivity contribution is 5.04. The number of nitrogens with zero attached hydrogens (tertiary/aromatic N) is 1. The van der Waals surface area contributed by atoms with Gasteiger partial charge in [0.1, 0.15) is 5.54 Å². The molecule has 0 aromatic heterocycles. The molecule has 0 aliphatic heterocycles. The molecule has 0 radical (unpaired) electrons. The summed E-state index contributed by atoms with van der Waals surface area (Å²) in [6, 6.07) is 2.47. The lowest BCUT2D eigenvalue weighted by molar-refractivity contribution is -0.00222. The van der Waals surface area contributed by atoms with Crippen molar-refractivity contribution < 1.29 is 18.9 Å². The minimum absolute atomic E-state index is 0.240. The maximum atomic E-state index is 9.13. The van der Waals surface area contributed by atoms with Gasteiger partial charge in [-0.3, -0.25) is 5.32 Å². The Kier molecular flexibility index (Phi) is 11.6. The molecule has 20 heavy (non-hydrogen) atoms. The fraction of sp³-hybridized carbons (Fsp3) is 0.929. The van der Waals surface area contributed by atoms with E-state index in [1.807, 2.05) is 20.8 Å². The van der Waals surface area contributed by atoms with Gasteiger partial charge in [0.05, 0.1) is 52.3 Å². The minimum atomic E-state index is -0.655. The Morgan fingerprint density at radius 2 is 1.50 bits per heavy atom. The molecule has 1 atom stereocenters. The second-order valence-corrected chi connectivity index (χ2v) is 5.01. The van der Waals surface area contributed by atoms with Crippen LogP contribution in [0.5, 0.6) is 0 Å². The molecular weight excluding hydrogens is 260 g/mol. The first kappa shape index (κ1) is 19.3. The third-order valence-electron chi connectivity index (χ3n) is 2.42. The smallest absolute Gasteiger partial charge is 0.127 e. The Bertz CT molecular complexity index is 268. The molecule has 6 nitrogen and oxygen atoms in total. The van der Waals surface area contributed by atoms with Crippen molar-refractivity contribution in [3.63, 3.8) is 0 Å². The Morgan fingerprint density at radius 1 is 1.00 bits per heavy atom. The lowest BCUT2D eigenvalue weighted by Gasteiger charge is -2.25. The van der Waals surface area contributed by atoms with Crippen LogP contribution in [0.3, 0.4) is 0 Å². The zero-order chi connectivity index (χ0) is 15.3.